The van der Waals surface area contributed by atoms with Crippen molar-refractivity contribution in [3.8, 4) is 0 Å². The van der Waals surface area contributed by atoms with Gasteiger partial charge in [0.25, 0.3) is 0 Å². The lowest BCUT2D eigenvalue weighted by Gasteiger charge is -2.07. The molecule has 2 N–H and O–H groups in total. The van der Waals surface area contributed by atoms with Crippen molar-refractivity contribution in [3.63, 3.8) is 0 Å². The third-order valence-corrected chi connectivity index (χ3v) is 3.63. The molecular formula is C12H18N2O2S. The SMILES string of the molecule is C=CCNc1ccc(S(=O)(=O)NCCC)cc1. The molecule has 0 radical (unpaired) electrons. The van der Waals surface area contributed by atoms with Gasteiger partial charge in [0.05, 0.1) is 4.90 Å². The van der Waals surface area contributed by atoms with Crippen LogP contribution in [0.15, 0.2) is 41.8 Å². The second kappa shape index (κ2) is 6.42. The lowest BCUT2D eigenvalue weighted by molar-refractivity contribution is 0.581. The molecule has 0 heterocycles. The summed E-state index contributed by atoms with van der Waals surface area (Å²) in [6.45, 7) is 6.63. The summed E-state index contributed by atoms with van der Waals surface area (Å²) in [6, 6.07) is 6.65. The van der Waals surface area contributed by atoms with Gasteiger partial charge >= 0.3 is 0 Å². The predicted molar refractivity (Wildman–Crippen MR) is 70.6 cm³/mol. The van der Waals surface area contributed by atoms with Gasteiger partial charge in [0, 0.05) is 18.8 Å². The number of benzene rings is 1. The van der Waals surface area contributed by atoms with Crippen LogP contribution in [0.25, 0.3) is 0 Å². The predicted octanol–water partition coefficient (Wildman–Crippen LogP) is 1.97. The fraction of sp³-hybridized carbons (Fsp3) is 0.333. The van der Waals surface area contributed by atoms with Gasteiger partial charge in [0.1, 0.15) is 0 Å². The van der Waals surface area contributed by atoms with Gasteiger partial charge in [0.2, 0.25) is 10.0 Å². The summed E-state index contributed by atoms with van der Waals surface area (Å²) in [5.41, 5.74) is 0.874. The van der Waals surface area contributed by atoms with E-state index in [-0.39, 0.29) is 4.90 Å². The number of anilines is 1. The van der Waals surface area contributed by atoms with Crippen LogP contribution in [0.3, 0.4) is 0 Å². The Morgan fingerprint density at radius 2 is 1.94 bits per heavy atom. The monoisotopic (exact) mass is 254 g/mol. The number of hydrogen-bond donors (Lipinski definition) is 2. The largest absolute Gasteiger partial charge is 0.382 e. The number of hydrogen-bond acceptors (Lipinski definition) is 3. The van der Waals surface area contributed by atoms with E-state index in [4.69, 9.17) is 0 Å². The first-order chi connectivity index (χ1) is 8.10. The highest BCUT2D eigenvalue weighted by Crippen LogP contribution is 2.13. The first kappa shape index (κ1) is 13.7. The van der Waals surface area contributed by atoms with Gasteiger partial charge in [-0.15, -0.1) is 6.58 Å². The van der Waals surface area contributed by atoms with Crippen molar-refractivity contribution in [2.75, 3.05) is 18.4 Å². The van der Waals surface area contributed by atoms with Crippen LogP contribution in [0.1, 0.15) is 13.3 Å². The van der Waals surface area contributed by atoms with E-state index >= 15 is 0 Å². The Kier molecular flexibility index (Phi) is 5.18. The molecule has 0 fully saturated rings. The topological polar surface area (TPSA) is 58.2 Å². The Balaban J connectivity index is 2.76. The maximum atomic E-state index is 11.8. The van der Waals surface area contributed by atoms with Gasteiger partial charge in [0.15, 0.2) is 0 Å². The third kappa shape index (κ3) is 4.20. The van der Waals surface area contributed by atoms with Gasteiger partial charge in [-0.3, -0.25) is 0 Å². The molecule has 5 heteroatoms. The van der Waals surface area contributed by atoms with Crippen LogP contribution in [0, 0.1) is 0 Å². The quantitative estimate of drug-likeness (QED) is 0.731. The van der Waals surface area contributed by atoms with Gasteiger partial charge in [-0.25, -0.2) is 13.1 Å². The van der Waals surface area contributed by atoms with Crippen molar-refractivity contribution in [2.45, 2.75) is 18.2 Å². The third-order valence-electron chi connectivity index (χ3n) is 2.16. The maximum absolute atomic E-state index is 11.8. The normalized spacial score (nSPS) is 11.1. The number of nitrogens with one attached hydrogen (secondary N) is 2. The summed E-state index contributed by atoms with van der Waals surface area (Å²) in [6.07, 6.45) is 2.52. The molecule has 1 aromatic carbocycles. The summed E-state index contributed by atoms with van der Waals surface area (Å²) in [5.74, 6) is 0. The van der Waals surface area contributed by atoms with Gasteiger partial charge < -0.3 is 5.32 Å². The van der Waals surface area contributed by atoms with E-state index in [1.54, 1.807) is 30.3 Å². The second-order valence-corrected chi connectivity index (χ2v) is 5.36. The molecule has 0 spiro atoms. The minimum atomic E-state index is -3.36. The molecule has 94 valence electrons. The standard InChI is InChI=1S/C12H18N2O2S/c1-3-9-13-11-5-7-12(8-6-11)17(15,16)14-10-4-2/h3,5-8,13-14H,1,4,9-10H2,2H3. The fourth-order valence-electron chi connectivity index (χ4n) is 1.26. The molecule has 1 aromatic rings. The van der Waals surface area contributed by atoms with Crippen LogP contribution in [-0.2, 0) is 10.0 Å². The van der Waals surface area contributed by atoms with Crippen LogP contribution in [-0.4, -0.2) is 21.5 Å². The Morgan fingerprint density at radius 3 is 2.47 bits per heavy atom. The molecule has 0 atom stereocenters. The van der Waals surface area contributed by atoms with Crippen molar-refractivity contribution in [2.24, 2.45) is 0 Å². The molecule has 0 amide bonds. The molecule has 0 aromatic heterocycles. The Morgan fingerprint density at radius 1 is 1.29 bits per heavy atom. The fourth-order valence-corrected chi connectivity index (χ4v) is 2.40. The Hall–Kier alpha value is -1.33. The van der Waals surface area contributed by atoms with Crippen LogP contribution >= 0.6 is 0 Å². The van der Waals surface area contributed by atoms with E-state index in [2.05, 4.69) is 16.6 Å². The molecule has 0 aliphatic carbocycles. The van der Waals surface area contributed by atoms with E-state index in [0.29, 0.717) is 13.1 Å². The lowest BCUT2D eigenvalue weighted by atomic mass is 10.3. The van der Waals surface area contributed by atoms with Crippen molar-refractivity contribution < 1.29 is 8.42 Å². The van der Waals surface area contributed by atoms with Gasteiger partial charge in [-0.2, -0.15) is 0 Å². The van der Waals surface area contributed by atoms with E-state index < -0.39 is 10.0 Å². The molecule has 0 unspecified atom stereocenters. The Bertz CT molecular complexity index is 452. The minimum absolute atomic E-state index is 0.287. The van der Waals surface area contributed by atoms with E-state index in [1.165, 1.54) is 0 Å². The number of sulfonamides is 1. The van der Waals surface area contributed by atoms with E-state index in [1.807, 2.05) is 6.92 Å². The Labute approximate surface area is 103 Å². The molecule has 17 heavy (non-hydrogen) atoms. The molecule has 0 saturated heterocycles. The molecule has 1 rings (SSSR count). The van der Waals surface area contributed by atoms with Crippen LogP contribution in [0.5, 0.6) is 0 Å². The first-order valence-corrected chi connectivity index (χ1v) is 7.03. The zero-order valence-corrected chi connectivity index (χ0v) is 10.8. The van der Waals surface area contributed by atoms with E-state index in [0.717, 1.165) is 12.1 Å². The summed E-state index contributed by atoms with van der Waals surface area (Å²) in [4.78, 5) is 0.287. The molecular weight excluding hydrogens is 236 g/mol. The van der Waals surface area contributed by atoms with Gasteiger partial charge in [-0.05, 0) is 30.7 Å². The molecule has 0 saturated carbocycles. The molecule has 0 bridgehead atoms. The minimum Gasteiger partial charge on any atom is -0.382 e. The van der Waals surface area contributed by atoms with Crippen molar-refractivity contribution in [3.05, 3.63) is 36.9 Å². The average molecular weight is 254 g/mol. The summed E-state index contributed by atoms with van der Waals surface area (Å²) < 4.78 is 26.1. The first-order valence-electron chi connectivity index (χ1n) is 5.54. The summed E-state index contributed by atoms with van der Waals surface area (Å²) >= 11 is 0. The lowest BCUT2D eigenvalue weighted by Crippen LogP contribution is -2.24. The highest BCUT2D eigenvalue weighted by Gasteiger charge is 2.11. The van der Waals surface area contributed by atoms with Crippen molar-refractivity contribution >= 4 is 15.7 Å². The van der Waals surface area contributed by atoms with Crippen molar-refractivity contribution in [1.82, 2.24) is 4.72 Å². The molecule has 0 aliphatic heterocycles. The van der Waals surface area contributed by atoms with E-state index in [9.17, 15) is 8.42 Å². The second-order valence-electron chi connectivity index (χ2n) is 3.59. The van der Waals surface area contributed by atoms with Gasteiger partial charge in [-0.1, -0.05) is 13.0 Å². The summed E-state index contributed by atoms with van der Waals surface area (Å²) in [5, 5.41) is 3.08. The van der Waals surface area contributed by atoms with Crippen LogP contribution in [0.2, 0.25) is 0 Å². The van der Waals surface area contributed by atoms with Crippen LogP contribution in [0.4, 0.5) is 5.69 Å². The molecule has 0 aliphatic rings. The highest BCUT2D eigenvalue weighted by atomic mass is 32.2. The van der Waals surface area contributed by atoms with Crippen molar-refractivity contribution in [1.29, 1.82) is 0 Å². The average Bonchev–Trinajstić information content (AvgIpc) is 2.34. The van der Waals surface area contributed by atoms with Crippen LogP contribution < -0.4 is 10.0 Å². The highest BCUT2D eigenvalue weighted by molar-refractivity contribution is 7.89. The molecule has 4 nitrogen and oxygen atoms in total. The maximum Gasteiger partial charge on any atom is 0.240 e. The summed E-state index contributed by atoms with van der Waals surface area (Å²) in [7, 11) is -3.36. The zero-order valence-electron chi connectivity index (χ0n) is 9.94. The zero-order chi connectivity index (χ0) is 12.7. The number of rotatable bonds is 7. The smallest absolute Gasteiger partial charge is 0.240 e.